The molecule has 0 aromatic heterocycles. The molecule has 1 N–H and O–H groups in total. The lowest BCUT2D eigenvalue weighted by Crippen LogP contribution is -2.24. The summed E-state index contributed by atoms with van der Waals surface area (Å²) in [6.07, 6.45) is 9.37. The van der Waals surface area contributed by atoms with Gasteiger partial charge in [0.25, 0.3) is 0 Å². The molecule has 0 saturated carbocycles. The number of hydrogen-bond donors (Lipinski definition) is 1. The lowest BCUT2D eigenvalue weighted by Gasteiger charge is -2.17. The summed E-state index contributed by atoms with van der Waals surface area (Å²) < 4.78 is 5.23. The van der Waals surface area contributed by atoms with Gasteiger partial charge in [-0.1, -0.05) is 58.1 Å². The first-order chi connectivity index (χ1) is 10.3. The second kappa shape index (κ2) is 11.6. The van der Waals surface area contributed by atoms with Crippen molar-refractivity contribution in [3.8, 4) is 5.75 Å². The van der Waals surface area contributed by atoms with E-state index >= 15 is 0 Å². The summed E-state index contributed by atoms with van der Waals surface area (Å²) in [5.41, 5.74) is 1.42. The molecular weight excluding hydrogens is 258 g/mol. The van der Waals surface area contributed by atoms with Crippen LogP contribution in [0.1, 0.15) is 57.9 Å². The van der Waals surface area contributed by atoms with Crippen molar-refractivity contribution in [3.63, 3.8) is 0 Å². The SMILES string of the molecule is CCCCCCCC(CNCC)Cc1ccc(OC)cc1. The van der Waals surface area contributed by atoms with Crippen molar-refractivity contribution in [2.75, 3.05) is 20.2 Å². The van der Waals surface area contributed by atoms with Gasteiger partial charge in [-0.3, -0.25) is 0 Å². The highest BCUT2D eigenvalue weighted by atomic mass is 16.5. The van der Waals surface area contributed by atoms with Crippen molar-refractivity contribution in [2.24, 2.45) is 5.92 Å². The van der Waals surface area contributed by atoms with Gasteiger partial charge in [0.1, 0.15) is 5.75 Å². The van der Waals surface area contributed by atoms with E-state index in [1.165, 1.54) is 50.5 Å². The van der Waals surface area contributed by atoms with Crippen molar-refractivity contribution in [3.05, 3.63) is 29.8 Å². The van der Waals surface area contributed by atoms with E-state index in [1.54, 1.807) is 7.11 Å². The van der Waals surface area contributed by atoms with Crippen LogP contribution < -0.4 is 10.1 Å². The molecule has 1 rings (SSSR count). The van der Waals surface area contributed by atoms with E-state index in [2.05, 4.69) is 43.4 Å². The maximum absolute atomic E-state index is 5.23. The molecule has 0 spiro atoms. The maximum atomic E-state index is 5.23. The third kappa shape index (κ3) is 8.11. The average Bonchev–Trinajstić information content (AvgIpc) is 2.52. The minimum Gasteiger partial charge on any atom is -0.497 e. The predicted octanol–water partition coefficient (Wildman–Crippen LogP) is 4.82. The topological polar surface area (TPSA) is 21.3 Å². The summed E-state index contributed by atoms with van der Waals surface area (Å²) in [5, 5.41) is 3.52. The van der Waals surface area contributed by atoms with Gasteiger partial charge in [0.15, 0.2) is 0 Å². The first-order valence-corrected chi connectivity index (χ1v) is 8.63. The monoisotopic (exact) mass is 291 g/mol. The number of benzene rings is 1. The molecule has 0 saturated heterocycles. The molecule has 0 radical (unpaired) electrons. The standard InChI is InChI=1S/C19H33NO/c1-4-6-7-8-9-10-18(16-20-5-2)15-17-11-13-19(21-3)14-12-17/h11-14,18,20H,4-10,15-16H2,1-3H3. The minimum absolute atomic E-state index is 0.750. The van der Waals surface area contributed by atoms with Gasteiger partial charge >= 0.3 is 0 Å². The second-order valence-corrected chi connectivity index (χ2v) is 5.93. The highest BCUT2D eigenvalue weighted by molar-refractivity contribution is 5.27. The van der Waals surface area contributed by atoms with Gasteiger partial charge in [0.2, 0.25) is 0 Å². The Morgan fingerprint density at radius 1 is 1.00 bits per heavy atom. The van der Waals surface area contributed by atoms with E-state index in [-0.39, 0.29) is 0 Å². The Morgan fingerprint density at radius 3 is 2.33 bits per heavy atom. The molecule has 0 aliphatic heterocycles. The van der Waals surface area contributed by atoms with Gasteiger partial charge < -0.3 is 10.1 Å². The number of nitrogens with one attached hydrogen (secondary N) is 1. The molecule has 120 valence electrons. The molecular formula is C19H33NO. The summed E-state index contributed by atoms with van der Waals surface area (Å²) in [5.74, 6) is 1.70. The summed E-state index contributed by atoms with van der Waals surface area (Å²) in [4.78, 5) is 0. The molecule has 0 bridgehead atoms. The van der Waals surface area contributed by atoms with Crippen LogP contribution in [0.25, 0.3) is 0 Å². The van der Waals surface area contributed by atoms with E-state index < -0.39 is 0 Å². The van der Waals surface area contributed by atoms with Crippen LogP contribution in [0.3, 0.4) is 0 Å². The smallest absolute Gasteiger partial charge is 0.118 e. The van der Waals surface area contributed by atoms with Gasteiger partial charge in [0, 0.05) is 0 Å². The normalized spacial score (nSPS) is 12.3. The van der Waals surface area contributed by atoms with Crippen molar-refractivity contribution < 1.29 is 4.74 Å². The van der Waals surface area contributed by atoms with Gasteiger partial charge in [-0.25, -0.2) is 0 Å². The fraction of sp³-hybridized carbons (Fsp3) is 0.684. The number of rotatable bonds is 12. The Kier molecular flexibility index (Phi) is 9.98. The summed E-state index contributed by atoms with van der Waals surface area (Å²) in [6.45, 7) is 6.66. The van der Waals surface area contributed by atoms with E-state index in [1.807, 2.05) is 0 Å². The lowest BCUT2D eigenvalue weighted by atomic mass is 9.93. The van der Waals surface area contributed by atoms with Crippen LogP contribution in [0, 0.1) is 5.92 Å². The van der Waals surface area contributed by atoms with E-state index in [4.69, 9.17) is 4.74 Å². The number of methoxy groups -OCH3 is 1. The van der Waals surface area contributed by atoms with Crippen molar-refractivity contribution in [1.29, 1.82) is 0 Å². The van der Waals surface area contributed by atoms with E-state index in [9.17, 15) is 0 Å². The summed E-state index contributed by atoms with van der Waals surface area (Å²) in [7, 11) is 1.72. The largest absolute Gasteiger partial charge is 0.497 e. The van der Waals surface area contributed by atoms with Gasteiger partial charge in [-0.05, 0) is 49.5 Å². The van der Waals surface area contributed by atoms with Crippen LogP contribution in [-0.4, -0.2) is 20.2 Å². The average molecular weight is 291 g/mol. The molecule has 1 unspecified atom stereocenters. The molecule has 21 heavy (non-hydrogen) atoms. The van der Waals surface area contributed by atoms with Crippen LogP contribution in [0.4, 0.5) is 0 Å². The Labute approximate surface area is 131 Å². The predicted molar refractivity (Wildman–Crippen MR) is 92.1 cm³/mol. The molecule has 0 fully saturated rings. The van der Waals surface area contributed by atoms with Crippen LogP contribution in [-0.2, 0) is 6.42 Å². The Balaban J connectivity index is 2.40. The molecule has 2 heteroatoms. The minimum atomic E-state index is 0.750. The molecule has 1 aromatic rings. The number of unbranched alkanes of at least 4 members (excludes halogenated alkanes) is 4. The quantitative estimate of drug-likeness (QED) is 0.557. The lowest BCUT2D eigenvalue weighted by molar-refractivity contribution is 0.412. The second-order valence-electron chi connectivity index (χ2n) is 5.93. The van der Waals surface area contributed by atoms with Crippen LogP contribution in [0.15, 0.2) is 24.3 Å². The molecule has 1 aromatic carbocycles. The van der Waals surface area contributed by atoms with E-state index in [0.717, 1.165) is 24.8 Å². The highest BCUT2D eigenvalue weighted by Crippen LogP contribution is 2.18. The molecule has 0 amide bonds. The van der Waals surface area contributed by atoms with E-state index in [0.29, 0.717) is 0 Å². The van der Waals surface area contributed by atoms with Gasteiger partial charge in [0.05, 0.1) is 7.11 Å². The molecule has 2 nitrogen and oxygen atoms in total. The van der Waals surface area contributed by atoms with Crippen molar-refractivity contribution >= 4 is 0 Å². The fourth-order valence-electron chi connectivity index (χ4n) is 2.76. The van der Waals surface area contributed by atoms with Crippen molar-refractivity contribution in [1.82, 2.24) is 5.32 Å². The first-order valence-electron chi connectivity index (χ1n) is 8.63. The Hall–Kier alpha value is -1.02. The fourth-order valence-corrected chi connectivity index (χ4v) is 2.76. The highest BCUT2D eigenvalue weighted by Gasteiger charge is 2.09. The summed E-state index contributed by atoms with van der Waals surface area (Å²) >= 11 is 0. The number of hydrogen-bond acceptors (Lipinski definition) is 2. The molecule has 0 aliphatic rings. The molecule has 1 atom stereocenters. The van der Waals surface area contributed by atoms with Crippen LogP contribution in [0.5, 0.6) is 5.75 Å². The maximum Gasteiger partial charge on any atom is 0.118 e. The van der Waals surface area contributed by atoms with Crippen molar-refractivity contribution in [2.45, 2.75) is 58.8 Å². The third-order valence-corrected chi connectivity index (χ3v) is 4.08. The Morgan fingerprint density at radius 2 is 1.71 bits per heavy atom. The van der Waals surface area contributed by atoms with Crippen LogP contribution in [0.2, 0.25) is 0 Å². The zero-order valence-corrected chi connectivity index (χ0v) is 14.2. The first kappa shape index (κ1) is 18.0. The summed E-state index contributed by atoms with van der Waals surface area (Å²) in [6, 6.07) is 8.55. The third-order valence-electron chi connectivity index (χ3n) is 4.08. The zero-order chi connectivity index (χ0) is 15.3. The number of ether oxygens (including phenoxy) is 1. The van der Waals surface area contributed by atoms with Gasteiger partial charge in [-0.2, -0.15) is 0 Å². The van der Waals surface area contributed by atoms with Gasteiger partial charge in [-0.15, -0.1) is 0 Å². The molecule has 0 aliphatic carbocycles. The zero-order valence-electron chi connectivity index (χ0n) is 14.2. The van der Waals surface area contributed by atoms with Crippen LogP contribution >= 0.6 is 0 Å². The molecule has 0 heterocycles. The Bertz CT molecular complexity index is 347.